The average Bonchev–Trinajstić information content (AvgIpc) is 2.92. The van der Waals surface area contributed by atoms with Crippen LogP contribution in [0.15, 0.2) is 66.7 Å². The number of rotatable bonds is 6. The van der Waals surface area contributed by atoms with E-state index >= 15 is 0 Å². The maximum Gasteiger partial charge on any atom is 0.417 e. The number of benzene rings is 3. The van der Waals surface area contributed by atoms with Gasteiger partial charge in [-0.3, -0.25) is 15.5 Å². The molecule has 0 aromatic heterocycles. The summed E-state index contributed by atoms with van der Waals surface area (Å²) in [5.41, 5.74) is 5.07. The van der Waals surface area contributed by atoms with E-state index < -0.39 is 12.2 Å². The molecule has 1 saturated heterocycles. The van der Waals surface area contributed by atoms with E-state index in [-0.39, 0.29) is 28.0 Å². The van der Waals surface area contributed by atoms with Crippen molar-refractivity contribution in [2.24, 2.45) is 0 Å². The molecule has 1 heterocycles. The third kappa shape index (κ3) is 8.69. The maximum absolute atomic E-state index is 13.0. The number of nitrogens with zero attached hydrogens (tertiary/aromatic N) is 1. The molecule has 0 atom stereocenters. The fourth-order valence-corrected chi connectivity index (χ4v) is 6.37. The number of piperidine rings is 1. The van der Waals surface area contributed by atoms with Crippen LogP contribution in [0.4, 0.5) is 21.0 Å². The predicted molar refractivity (Wildman–Crippen MR) is 188 cm³/mol. The first-order chi connectivity index (χ1) is 21.2. The summed E-state index contributed by atoms with van der Waals surface area (Å²) in [5, 5.41) is 5.77. The van der Waals surface area contributed by atoms with Crippen molar-refractivity contribution in [3.8, 4) is 5.75 Å². The van der Waals surface area contributed by atoms with Gasteiger partial charge in [0.1, 0.15) is 11.9 Å². The first-order valence-corrected chi connectivity index (χ1v) is 16.3. The summed E-state index contributed by atoms with van der Waals surface area (Å²) in [5.74, 6) is 0.623. The fraction of sp³-hybridized carbons (Fsp3) is 0.487. The first kappa shape index (κ1) is 35.0. The highest BCUT2D eigenvalue weighted by atomic mass is 16.6. The molecule has 0 spiro atoms. The molecule has 0 radical (unpaired) electrons. The zero-order chi connectivity index (χ0) is 34.1. The van der Waals surface area contributed by atoms with E-state index in [1.807, 2.05) is 66.7 Å². The van der Waals surface area contributed by atoms with Gasteiger partial charge in [0.05, 0.1) is 0 Å². The molecule has 0 unspecified atom stereocenters. The van der Waals surface area contributed by atoms with Crippen molar-refractivity contribution in [2.45, 2.75) is 117 Å². The topological polar surface area (TPSA) is 79.9 Å². The number of hydrogen-bond acceptors (Lipinski definition) is 5. The number of ether oxygens (including phenoxy) is 2. The molecule has 3 aromatic carbocycles. The minimum Gasteiger partial charge on any atom is -0.446 e. The van der Waals surface area contributed by atoms with Crippen molar-refractivity contribution in [3.05, 3.63) is 89.0 Å². The van der Waals surface area contributed by atoms with E-state index in [0.29, 0.717) is 23.5 Å². The molecule has 1 fully saturated rings. The number of para-hydroxylation sites is 1. The maximum atomic E-state index is 13.0. The predicted octanol–water partition coefficient (Wildman–Crippen LogP) is 9.68. The molecule has 7 nitrogen and oxygen atoms in total. The Balaban J connectivity index is 1.33. The Bertz CT molecular complexity index is 1480. The molecule has 0 bridgehead atoms. The monoisotopic (exact) mass is 627 g/mol. The van der Waals surface area contributed by atoms with Gasteiger partial charge in [0.25, 0.3) is 0 Å². The number of anilines is 2. The second-order valence-electron chi connectivity index (χ2n) is 16.0. The van der Waals surface area contributed by atoms with E-state index in [1.165, 1.54) is 0 Å². The Morgan fingerprint density at radius 2 is 1.13 bits per heavy atom. The van der Waals surface area contributed by atoms with Crippen LogP contribution in [0.25, 0.3) is 0 Å². The summed E-state index contributed by atoms with van der Waals surface area (Å²) in [7, 11) is 2.14. The summed E-state index contributed by atoms with van der Waals surface area (Å²) < 4.78 is 11.8. The van der Waals surface area contributed by atoms with Crippen molar-refractivity contribution in [1.82, 2.24) is 4.90 Å². The van der Waals surface area contributed by atoms with Gasteiger partial charge in [0.2, 0.25) is 0 Å². The number of amides is 2. The Morgan fingerprint density at radius 3 is 1.54 bits per heavy atom. The van der Waals surface area contributed by atoms with Crippen LogP contribution < -0.4 is 15.4 Å². The number of hydrogen-bond donors (Lipinski definition) is 2. The highest BCUT2D eigenvalue weighted by Crippen LogP contribution is 2.40. The minimum absolute atomic E-state index is 0.0552. The van der Waals surface area contributed by atoms with Crippen molar-refractivity contribution in [3.63, 3.8) is 0 Å². The SMILES string of the molecule is CN1C(C)(C)CC(OC(=O)Nc2ccc(Cc3ccc(NC(=O)Oc4c(C(C)(C)C)cccc4C(C)(C)C)cc3)cc2)CC1(C)C. The van der Waals surface area contributed by atoms with Crippen molar-refractivity contribution in [1.29, 1.82) is 0 Å². The van der Waals surface area contributed by atoms with Gasteiger partial charge in [0.15, 0.2) is 0 Å². The van der Waals surface area contributed by atoms with Crippen molar-refractivity contribution in [2.75, 3.05) is 17.7 Å². The third-order valence-electron chi connectivity index (χ3n) is 9.18. The van der Waals surface area contributed by atoms with E-state index in [1.54, 1.807) is 0 Å². The summed E-state index contributed by atoms with van der Waals surface area (Å²) in [6, 6.07) is 21.6. The van der Waals surface area contributed by atoms with Crippen LogP contribution in [0.5, 0.6) is 5.75 Å². The van der Waals surface area contributed by atoms with Gasteiger partial charge in [-0.2, -0.15) is 0 Å². The van der Waals surface area contributed by atoms with Gasteiger partial charge < -0.3 is 9.47 Å². The number of likely N-dealkylation sites (tertiary alicyclic amines) is 1. The molecule has 7 heteroatoms. The van der Waals surface area contributed by atoms with Crippen molar-refractivity contribution < 1.29 is 19.1 Å². The molecule has 46 heavy (non-hydrogen) atoms. The smallest absolute Gasteiger partial charge is 0.417 e. The highest BCUT2D eigenvalue weighted by molar-refractivity contribution is 5.87. The lowest BCUT2D eigenvalue weighted by molar-refractivity contribution is -0.0659. The van der Waals surface area contributed by atoms with Gasteiger partial charge in [-0.1, -0.05) is 84.0 Å². The normalized spacial score (nSPS) is 16.8. The summed E-state index contributed by atoms with van der Waals surface area (Å²) in [6.45, 7) is 21.5. The molecule has 0 saturated carbocycles. The largest absolute Gasteiger partial charge is 0.446 e. The van der Waals surface area contributed by atoms with Gasteiger partial charge in [-0.25, -0.2) is 9.59 Å². The van der Waals surface area contributed by atoms with Gasteiger partial charge >= 0.3 is 12.2 Å². The quantitative estimate of drug-likeness (QED) is 0.284. The zero-order valence-corrected chi connectivity index (χ0v) is 29.6. The Morgan fingerprint density at radius 1 is 0.717 bits per heavy atom. The summed E-state index contributed by atoms with van der Waals surface area (Å²) >= 11 is 0. The Labute approximate surface area is 276 Å². The lowest BCUT2D eigenvalue weighted by Crippen LogP contribution is -2.60. The summed E-state index contributed by atoms with van der Waals surface area (Å²) in [6.07, 6.45) is 1.21. The van der Waals surface area contributed by atoms with Crippen LogP contribution in [0.1, 0.15) is 104 Å². The second kappa shape index (κ2) is 13.1. The number of carbonyl (C=O) groups excluding carboxylic acids is 2. The molecule has 1 aliphatic heterocycles. The van der Waals surface area contributed by atoms with Crippen molar-refractivity contribution >= 4 is 23.6 Å². The van der Waals surface area contributed by atoms with Gasteiger partial charge in [0, 0.05) is 46.4 Å². The average molecular weight is 628 g/mol. The molecule has 2 N–H and O–H groups in total. The van der Waals surface area contributed by atoms with Gasteiger partial charge in [-0.05, 0) is 87.4 Å². The van der Waals surface area contributed by atoms with E-state index in [9.17, 15) is 9.59 Å². The standard InChI is InChI=1S/C39H53N3O4/c1-36(2,3)31-13-12-14-32(37(4,5)6)33(31)46-35(44)41-29-21-17-27(18-22-29)23-26-15-19-28(20-16-26)40-34(43)45-30-24-38(7,8)42(11)39(9,10)25-30/h12-22,30H,23-25H2,1-11H3,(H,40,43)(H,41,44). The highest BCUT2D eigenvalue weighted by Gasteiger charge is 2.44. The Hall–Kier alpha value is -3.84. The third-order valence-corrected chi connectivity index (χ3v) is 9.18. The molecule has 0 aliphatic carbocycles. The molecule has 4 rings (SSSR count). The molecule has 3 aromatic rings. The molecule has 2 amide bonds. The van der Waals surface area contributed by atoms with E-state index in [0.717, 1.165) is 35.1 Å². The minimum atomic E-state index is -0.514. The van der Waals surface area contributed by atoms with Crippen LogP contribution in [-0.4, -0.2) is 41.3 Å². The van der Waals surface area contributed by atoms with E-state index in [2.05, 4.69) is 91.8 Å². The number of nitrogens with one attached hydrogen (secondary N) is 2. The molecular weight excluding hydrogens is 574 g/mol. The molecule has 1 aliphatic rings. The van der Waals surface area contributed by atoms with Crippen LogP contribution in [0.3, 0.4) is 0 Å². The van der Waals surface area contributed by atoms with E-state index in [4.69, 9.17) is 9.47 Å². The number of carbonyl (C=O) groups is 2. The lowest BCUT2D eigenvalue weighted by atomic mass is 9.79. The second-order valence-corrected chi connectivity index (χ2v) is 16.0. The molecular formula is C39H53N3O4. The molecule has 248 valence electrons. The zero-order valence-electron chi connectivity index (χ0n) is 29.6. The fourth-order valence-electron chi connectivity index (χ4n) is 6.37. The van der Waals surface area contributed by atoms with Gasteiger partial charge in [-0.15, -0.1) is 0 Å². The van der Waals surface area contributed by atoms with Crippen LogP contribution in [0.2, 0.25) is 0 Å². The summed E-state index contributed by atoms with van der Waals surface area (Å²) in [4.78, 5) is 28.1. The Kier molecular flexibility index (Phi) is 9.98. The van der Waals surface area contributed by atoms with Crippen LogP contribution in [-0.2, 0) is 22.0 Å². The van der Waals surface area contributed by atoms with Crippen LogP contribution >= 0.6 is 0 Å². The lowest BCUT2D eigenvalue weighted by Gasteiger charge is -2.53. The van der Waals surface area contributed by atoms with Crippen LogP contribution in [0, 0.1) is 0 Å². The first-order valence-electron chi connectivity index (χ1n) is 16.3.